The molecule has 0 spiro atoms. The van der Waals surface area contributed by atoms with Crippen molar-refractivity contribution < 1.29 is 9.53 Å². The fourth-order valence-corrected chi connectivity index (χ4v) is 2.74. The highest BCUT2D eigenvalue weighted by Gasteiger charge is 2.25. The third kappa shape index (κ3) is 3.59. The maximum atomic E-state index is 12.1. The van der Waals surface area contributed by atoms with Gasteiger partial charge in [0.1, 0.15) is 17.5 Å². The van der Waals surface area contributed by atoms with E-state index in [9.17, 15) is 4.79 Å². The first-order chi connectivity index (χ1) is 11.5. The van der Waals surface area contributed by atoms with Gasteiger partial charge in [-0.3, -0.25) is 15.3 Å². The molecule has 130 valence electrons. The van der Waals surface area contributed by atoms with Gasteiger partial charge in [0.05, 0.1) is 5.56 Å². The van der Waals surface area contributed by atoms with Gasteiger partial charge in [0.2, 0.25) is 0 Å². The molecule has 1 aromatic carbocycles. The fourth-order valence-electron chi connectivity index (χ4n) is 2.74. The van der Waals surface area contributed by atoms with E-state index >= 15 is 0 Å². The number of aromatic amines is 1. The Morgan fingerprint density at radius 1 is 1.33 bits per heavy atom. The van der Waals surface area contributed by atoms with Crippen LogP contribution in [0.2, 0.25) is 0 Å². The summed E-state index contributed by atoms with van der Waals surface area (Å²) in [6.45, 7) is 8.13. The topological polar surface area (TPSA) is 93.0 Å². The number of para-hydroxylation sites is 1. The molecule has 1 amide bonds. The Labute approximate surface area is 142 Å². The van der Waals surface area contributed by atoms with E-state index in [1.54, 1.807) is 6.92 Å². The lowest BCUT2D eigenvalue weighted by Gasteiger charge is -2.21. The number of nitrogens with zero attached hydrogens (tertiary/aromatic N) is 1. The van der Waals surface area contributed by atoms with Crippen molar-refractivity contribution in [2.75, 3.05) is 0 Å². The fraction of sp³-hybridized carbons (Fsp3) is 0.444. The Morgan fingerprint density at radius 3 is 2.67 bits per heavy atom. The summed E-state index contributed by atoms with van der Waals surface area (Å²) < 4.78 is 6.25. The second-order valence-electron chi connectivity index (χ2n) is 5.94. The SMILES string of the molecule is CCC(C)c1ccccc1OC(CC)c1n[nH]c(C)c1C(=O)NN. The quantitative estimate of drug-likeness (QED) is 0.412. The third-order valence-electron chi connectivity index (χ3n) is 4.34. The maximum Gasteiger partial charge on any atom is 0.269 e. The van der Waals surface area contributed by atoms with Crippen LogP contribution in [0.3, 0.4) is 0 Å². The summed E-state index contributed by atoms with van der Waals surface area (Å²) in [6.07, 6.45) is 1.39. The number of hydrogen-bond acceptors (Lipinski definition) is 4. The number of hydrogen-bond donors (Lipinski definition) is 3. The van der Waals surface area contributed by atoms with Crippen LogP contribution in [0.1, 0.15) is 72.9 Å². The van der Waals surface area contributed by atoms with Crippen LogP contribution in [0.4, 0.5) is 0 Å². The van der Waals surface area contributed by atoms with Crippen LogP contribution in [0, 0.1) is 6.92 Å². The van der Waals surface area contributed by atoms with Gasteiger partial charge in [-0.2, -0.15) is 5.10 Å². The summed E-state index contributed by atoms with van der Waals surface area (Å²) in [5, 5.41) is 7.14. The molecule has 1 heterocycles. The molecule has 4 N–H and O–H groups in total. The molecule has 2 atom stereocenters. The number of nitrogens with one attached hydrogen (secondary N) is 2. The lowest BCUT2D eigenvalue weighted by Crippen LogP contribution is -2.31. The van der Waals surface area contributed by atoms with Gasteiger partial charge in [-0.05, 0) is 37.3 Å². The number of rotatable bonds is 7. The molecule has 2 unspecified atom stereocenters. The van der Waals surface area contributed by atoms with Crippen LogP contribution in [0.15, 0.2) is 24.3 Å². The third-order valence-corrected chi connectivity index (χ3v) is 4.34. The highest BCUT2D eigenvalue weighted by Crippen LogP contribution is 2.33. The molecule has 0 saturated carbocycles. The van der Waals surface area contributed by atoms with Crippen LogP contribution in [0.25, 0.3) is 0 Å². The minimum Gasteiger partial charge on any atom is -0.484 e. The molecule has 2 aromatic rings. The first-order valence-electron chi connectivity index (χ1n) is 8.34. The zero-order chi connectivity index (χ0) is 17.7. The predicted molar refractivity (Wildman–Crippen MR) is 93.8 cm³/mol. The van der Waals surface area contributed by atoms with Gasteiger partial charge < -0.3 is 4.74 Å². The van der Waals surface area contributed by atoms with Crippen molar-refractivity contribution in [3.05, 3.63) is 46.8 Å². The van der Waals surface area contributed by atoms with E-state index in [1.165, 1.54) is 0 Å². The van der Waals surface area contributed by atoms with Crippen LogP contribution in [0.5, 0.6) is 5.75 Å². The normalized spacial score (nSPS) is 13.4. The van der Waals surface area contributed by atoms with Gasteiger partial charge in [-0.25, -0.2) is 5.84 Å². The van der Waals surface area contributed by atoms with E-state index in [0.717, 1.165) is 17.7 Å². The minimum absolute atomic E-state index is 0.326. The highest BCUT2D eigenvalue weighted by molar-refractivity contribution is 5.96. The van der Waals surface area contributed by atoms with Crippen molar-refractivity contribution in [1.82, 2.24) is 15.6 Å². The number of ether oxygens (including phenoxy) is 1. The van der Waals surface area contributed by atoms with Crippen molar-refractivity contribution >= 4 is 5.91 Å². The molecule has 6 nitrogen and oxygen atoms in total. The van der Waals surface area contributed by atoms with Gasteiger partial charge in [0.15, 0.2) is 0 Å². The van der Waals surface area contributed by atoms with Crippen molar-refractivity contribution in [3.8, 4) is 5.75 Å². The average molecular weight is 330 g/mol. The van der Waals surface area contributed by atoms with Crippen molar-refractivity contribution in [2.45, 2.75) is 52.6 Å². The summed E-state index contributed by atoms with van der Waals surface area (Å²) in [5.74, 6) is 6.15. The Morgan fingerprint density at radius 2 is 2.04 bits per heavy atom. The number of nitrogens with two attached hydrogens (primary N) is 1. The van der Waals surface area contributed by atoms with E-state index in [4.69, 9.17) is 10.6 Å². The van der Waals surface area contributed by atoms with Gasteiger partial charge >= 0.3 is 0 Å². The molecule has 0 aliphatic carbocycles. The van der Waals surface area contributed by atoms with Crippen molar-refractivity contribution in [1.29, 1.82) is 0 Å². The molecule has 6 heteroatoms. The summed E-state index contributed by atoms with van der Waals surface area (Å²) in [4.78, 5) is 12.1. The van der Waals surface area contributed by atoms with Gasteiger partial charge in [0.25, 0.3) is 5.91 Å². The molecular formula is C18H26N4O2. The number of aryl methyl sites for hydroxylation is 1. The molecule has 24 heavy (non-hydrogen) atoms. The standard InChI is InChI=1S/C18H26N4O2/c1-5-11(3)13-9-7-8-10-15(13)24-14(6-2)17-16(18(23)20-19)12(4)21-22-17/h7-11,14H,5-6,19H2,1-4H3,(H,20,23)(H,21,22). The Bertz CT molecular complexity index is 696. The lowest BCUT2D eigenvalue weighted by molar-refractivity contribution is 0.0947. The number of H-pyrrole nitrogens is 1. The predicted octanol–water partition coefficient (Wildman–Crippen LogP) is 3.37. The zero-order valence-corrected chi connectivity index (χ0v) is 14.7. The average Bonchev–Trinajstić information content (AvgIpc) is 3.00. The van der Waals surface area contributed by atoms with E-state index < -0.39 is 0 Å². The largest absolute Gasteiger partial charge is 0.484 e. The molecule has 0 bridgehead atoms. The van der Waals surface area contributed by atoms with E-state index in [-0.39, 0.29) is 12.0 Å². The highest BCUT2D eigenvalue weighted by atomic mass is 16.5. The zero-order valence-electron chi connectivity index (χ0n) is 14.7. The summed E-state index contributed by atoms with van der Waals surface area (Å²) in [7, 11) is 0. The monoisotopic (exact) mass is 330 g/mol. The van der Waals surface area contributed by atoms with Crippen molar-refractivity contribution in [2.24, 2.45) is 5.84 Å². The Kier molecular flexibility index (Phi) is 5.98. The second kappa shape index (κ2) is 7.97. The van der Waals surface area contributed by atoms with Crippen LogP contribution >= 0.6 is 0 Å². The van der Waals surface area contributed by atoms with E-state index in [1.807, 2.05) is 25.1 Å². The van der Waals surface area contributed by atoms with Crippen LogP contribution < -0.4 is 16.0 Å². The molecule has 0 radical (unpaired) electrons. The molecular weight excluding hydrogens is 304 g/mol. The van der Waals surface area contributed by atoms with Crippen LogP contribution in [-0.2, 0) is 0 Å². The number of aromatic nitrogens is 2. The number of hydrazine groups is 1. The number of nitrogen functional groups attached to an aromatic ring is 1. The molecule has 0 fully saturated rings. The summed E-state index contributed by atoms with van der Waals surface area (Å²) >= 11 is 0. The number of carbonyl (C=O) groups is 1. The van der Waals surface area contributed by atoms with Gasteiger partial charge in [0, 0.05) is 5.69 Å². The van der Waals surface area contributed by atoms with E-state index in [0.29, 0.717) is 29.3 Å². The van der Waals surface area contributed by atoms with Crippen molar-refractivity contribution in [3.63, 3.8) is 0 Å². The number of carbonyl (C=O) groups excluding carboxylic acids is 1. The molecule has 0 aliphatic rings. The molecule has 0 saturated heterocycles. The lowest BCUT2D eigenvalue weighted by atomic mass is 9.97. The number of benzene rings is 1. The smallest absolute Gasteiger partial charge is 0.269 e. The van der Waals surface area contributed by atoms with Gasteiger partial charge in [-0.1, -0.05) is 39.0 Å². The molecule has 0 aliphatic heterocycles. The number of amides is 1. The minimum atomic E-state index is -0.367. The second-order valence-corrected chi connectivity index (χ2v) is 5.94. The van der Waals surface area contributed by atoms with Gasteiger partial charge in [-0.15, -0.1) is 0 Å². The maximum absolute atomic E-state index is 12.1. The summed E-state index contributed by atoms with van der Waals surface area (Å²) in [5.41, 5.74) is 5.04. The van der Waals surface area contributed by atoms with E-state index in [2.05, 4.69) is 35.5 Å². The first-order valence-corrected chi connectivity index (χ1v) is 8.34. The molecule has 2 rings (SSSR count). The first kappa shape index (κ1) is 18.0. The van der Waals surface area contributed by atoms with Crippen LogP contribution in [-0.4, -0.2) is 16.1 Å². The Balaban J connectivity index is 2.37. The molecule has 1 aromatic heterocycles. The summed E-state index contributed by atoms with van der Waals surface area (Å²) in [6, 6.07) is 8.02. The Hall–Kier alpha value is -2.34.